The highest BCUT2D eigenvalue weighted by Crippen LogP contribution is 2.14. The topological polar surface area (TPSA) is 73.9 Å². The summed E-state index contributed by atoms with van der Waals surface area (Å²) in [5.41, 5.74) is 1.22. The average molecular weight is 216 g/mol. The van der Waals surface area contributed by atoms with Crippen molar-refractivity contribution in [2.75, 3.05) is 0 Å². The molecule has 0 aromatic carbocycles. The Hall–Kier alpha value is -2.09. The molecule has 0 atom stereocenters. The Kier molecular flexibility index (Phi) is 2.27. The summed E-state index contributed by atoms with van der Waals surface area (Å²) in [5.74, 6) is 0.543. The standard InChI is InChI=1S/C11H12N4O/c1-6(2)9-8(4-12)10(16)15-5-7(3)13-11(15)14-9/h5-6H,1-3H3,(H,13,14). The van der Waals surface area contributed by atoms with Crippen LogP contribution in [0.25, 0.3) is 5.78 Å². The zero-order valence-corrected chi connectivity index (χ0v) is 9.40. The predicted octanol–water partition coefficient (Wildman–Crippen LogP) is 1.33. The van der Waals surface area contributed by atoms with Gasteiger partial charge in [0.15, 0.2) is 0 Å². The van der Waals surface area contributed by atoms with E-state index in [9.17, 15) is 4.79 Å². The van der Waals surface area contributed by atoms with E-state index in [0.29, 0.717) is 11.5 Å². The highest BCUT2D eigenvalue weighted by atomic mass is 16.1. The summed E-state index contributed by atoms with van der Waals surface area (Å²) in [7, 11) is 0. The molecule has 0 amide bonds. The smallest absolute Gasteiger partial charge is 0.277 e. The second kappa shape index (κ2) is 3.49. The van der Waals surface area contributed by atoms with Crippen molar-refractivity contribution in [3.63, 3.8) is 0 Å². The zero-order valence-electron chi connectivity index (χ0n) is 9.40. The number of rotatable bonds is 1. The van der Waals surface area contributed by atoms with Crippen LogP contribution in [0.15, 0.2) is 11.0 Å². The van der Waals surface area contributed by atoms with Crippen LogP contribution >= 0.6 is 0 Å². The summed E-state index contributed by atoms with van der Waals surface area (Å²) in [6.45, 7) is 5.67. The minimum atomic E-state index is -0.305. The van der Waals surface area contributed by atoms with Crippen molar-refractivity contribution in [2.45, 2.75) is 26.7 Å². The second-order valence-electron chi connectivity index (χ2n) is 4.07. The van der Waals surface area contributed by atoms with Crippen molar-refractivity contribution in [2.24, 2.45) is 0 Å². The van der Waals surface area contributed by atoms with E-state index in [1.54, 1.807) is 6.20 Å². The Morgan fingerprint density at radius 2 is 2.25 bits per heavy atom. The molecule has 0 aliphatic heterocycles. The molecule has 1 N–H and O–H groups in total. The lowest BCUT2D eigenvalue weighted by molar-refractivity contribution is 0.804. The molecule has 0 aliphatic rings. The van der Waals surface area contributed by atoms with E-state index in [1.807, 2.05) is 26.8 Å². The average Bonchev–Trinajstić information content (AvgIpc) is 2.58. The number of nitrogens with zero attached hydrogens (tertiary/aromatic N) is 3. The largest absolute Gasteiger partial charge is 0.328 e. The summed E-state index contributed by atoms with van der Waals surface area (Å²) in [4.78, 5) is 19.3. The summed E-state index contributed by atoms with van der Waals surface area (Å²) in [6, 6.07) is 1.94. The molecular weight excluding hydrogens is 204 g/mol. The third-order valence-corrected chi connectivity index (χ3v) is 2.43. The second-order valence-corrected chi connectivity index (χ2v) is 4.07. The predicted molar refractivity (Wildman–Crippen MR) is 59.4 cm³/mol. The number of H-pyrrole nitrogens is 1. The van der Waals surface area contributed by atoms with Crippen LogP contribution in [0.1, 0.15) is 36.7 Å². The number of nitrogens with one attached hydrogen (secondary N) is 1. The summed E-state index contributed by atoms with van der Waals surface area (Å²) < 4.78 is 1.37. The van der Waals surface area contributed by atoms with Crippen LogP contribution < -0.4 is 5.56 Å². The third kappa shape index (κ3) is 1.39. The van der Waals surface area contributed by atoms with E-state index in [0.717, 1.165) is 5.69 Å². The fraction of sp³-hybridized carbons (Fsp3) is 0.364. The number of imidazole rings is 1. The van der Waals surface area contributed by atoms with Crippen molar-refractivity contribution in [1.82, 2.24) is 14.4 Å². The molecule has 2 aromatic rings. The highest BCUT2D eigenvalue weighted by Gasteiger charge is 2.15. The molecule has 0 spiro atoms. The fourth-order valence-corrected chi connectivity index (χ4v) is 1.68. The number of aryl methyl sites for hydroxylation is 1. The monoisotopic (exact) mass is 216 g/mol. The maximum atomic E-state index is 12.0. The molecule has 2 rings (SSSR count). The van der Waals surface area contributed by atoms with Crippen molar-refractivity contribution >= 4 is 5.78 Å². The molecule has 0 saturated heterocycles. The van der Waals surface area contributed by atoms with E-state index in [1.165, 1.54) is 4.40 Å². The first-order valence-corrected chi connectivity index (χ1v) is 5.06. The van der Waals surface area contributed by atoms with Crippen LogP contribution in [0.3, 0.4) is 0 Å². The molecule has 2 heterocycles. The minimum absolute atomic E-state index is 0.0518. The third-order valence-electron chi connectivity index (χ3n) is 2.43. The molecule has 16 heavy (non-hydrogen) atoms. The number of hydrogen-bond donors (Lipinski definition) is 1. The molecule has 0 fully saturated rings. The molecule has 0 bridgehead atoms. The van der Waals surface area contributed by atoms with Crippen LogP contribution in [-0.2, 0) is 0 Å². The Labute approximate surface area is 92.4 Å². The number of aromatic nitrogens is 3. The van der Waals surface area contributed by atoms with Crippen LogP contribution in [0.5, 0.6) is 0 Å². The first-order chi connectivity index (χ1) is 7.54. The summed E-state index contributed by atoms with van der Waals surface area (Å²) in [5, 5.41) is 9.00. The van der Waals surface area contributed by atoms with Crippen LogP contribution in [0.2, 0.25) is 0 Å². The van der Waals surface area contributed by atoms with Gasteiger partial charge in [0.1, 0.15) is 11.6 Å². The van der Waals surface area contributed by atoms with Gasteiger partial charge in [-0.25, -0.2) is 4.98 Å². The van der Waals surface area contributed by atoms with Gasteiger partial charge in [-0.15, -0.1) is 0 Å². The maximum absolute atomic E-state index is 12.0. The molecule has 0 unspecified atom stereocenters. The van der Waals surface area contributed by atoms with Crippen LogP contribution in [0, 0.1) is 18.3 Å². The number of fused-ring (bicyclic) bond motifs is 1. The van der Waals surface area contributed by atoms with Crippen molar-refractivity contribution < 1.29 is 0 Å². The Morgan fingerprint density at radius 3 is 2.81 bits per heavy atom. The SMILES string of the molecule is Cc1cn2c(=O)c(C#N)c(C(C)C)nc2[nH]1. The van der Waals surface area contributed by atoms with Gasteiger partial charge in [0.25, 0.3) is 5.56 Å². The van der Waals surface area contributed by atoms with Gasteiger partial charge in [0.05, 0.1) is 5.69 Å². The van der Waals surface area contributed by atoms with Crippen LogP contribution in [-0.4, -0.2) is 14.4 Å². The zero-order chi connectivity index (χ0) is 11.9. The Bertz CT molecular complexity index is 642. The molecule has 82 valence electrons. The van der Waals surface area contributed by atoms with Gasteiger partial charge in [-0.1, -0.05) is 13.8 Å². The van der Waals surface area contributed by atoms with E-state index in [4.69, 9.17) is 5.26 Å². The number of hydrogen-bond acceptors (Lipinski definition) is 3. The molecular formula is C11H12N4O. The molecule has 0 radical (unpaired) electrons. The summed E-state index contributed by atoms with van der Waals surface area (Å²) in [6.07, 6.45) is 1.65. The molecule has 0 saturated carbocycles. The lowest BCUT2D eigenvalue weighted by Gasteiger charge is -2.05. The van der Waals surface area contributed by atoms with Gasteiger partial charge in [-0.2, -0.15) is 5.26 Å². The van der Waals surface area contributed by atoms with Gasteiger partial charge >= 0.3 is 0 Å². The highest BCUT2D eigenvalue weighted by molar-refractivity contribution is 5.41. The van der Waals surface area contributed by atoms with Gasteiger partial charge in [-0.3, -0.25) is 9.20 Å². The number of nitriles is 1. The molecule has 0 aliphatic carbocycles. The van der Waals surface area contributed by atoms with Gasteiger partial charge in [-0.05, 0) is 12.8 Å². The van der Waals surface area contributed by atoms with Gasteiger partial charge in [0, 0.05) is 11.9 Å². The van der Waals surface area contributed by atoms with Gasteiger partial charge in [0.2, 0.25) is 5.78 Å². The fourth-order valence-electron chi connectivity index (χ4n) is 1.68. The quantitative estimate of drug-likeness (QED) is 0.781. The molecule has 2 aromatic heterocycles. The Balaban J connectivity index is 2.93. The lowest BCUT2D eigenvalue weighted by Crippen LogP contribution is -2.20. The molecule has 5 nitrogen and oxygen atoms in total. The maximum Gasteiger partial charge on any atom is 0.277 e. The number of aromatic amines is 1. The van der Waals surface area contributed by atoms with Crippen molar-refractivity contribution in [1.29, 1.82) is 5.26 Å². The first kappa shape index (κ1) is 10.4. The van der Waals surface area contributed by atoms with E-state index in [-0.39, 0.29) is 17.0 Å². The van der Waals surface area contributed by atoms with Crippen LogP contribution in [0.4, 0.5) is 0 Å². The molecule has 5 heteroatoms. The van der Waals surface area contributed by atoms with Crippen molar-refractivity contribution in [3.8, 4) is 6.07 Å². The normalized spacial score (nSPS) is 10.9. The van der Waals surface area contributed by atoms with Crippen molar-refractivity contribution in [3.05, 3.63) is 33.5 Å². The minimum Gasteiger partial charge on any atom is -0.328 e. The lowest BCUT2D eigenvalue weighted by atomic mass is 10.1. The first-order valence-electron chi connectivity index (χ1n) is 5.06. The van der Waals surface area contributed by atoms with Gasteiger partial charge < -0.3 is 4.98 Å². The summed E-state index contributed by atoms with van der Waals surface area (Å²) >= 11 is 0. The van der Waals surface area contributed by atoms with E-state index >= 15 is 0 Å². The van der Waals surface area contributed by atoms with E-state index < -0.39 is 0 Å². The Morgan fingerprint density at radius 1 is 1.56 bits per heavy atom. The van der Waals surface area contributed by atoms with E-state index in [2.05, 4.69) is 9.97 Å².